The summed E-state index contributed by atoms with van der Waals surface area (Å²) in [7, 11) is 0. The number of nitrogens with zero attached hydrogens (tertiary/aromatic N) is 1. The van der Waals surface area contributed by atoms with Crippen molar-refractivity contribution in [3.8, 4) is 0 Å². The van der Waals surface area contributed by atoms with Crippen molar-refractivity contribution >= 4 is 17.2 Å². The van der Waals surface area contributed by atoms with Gasteiger partial charge >= 0.3 is 6.09 Å². The summed E-state index contributed by atoms with van der Waals surface area (Å²) in [6.07, 6.45) is 2.73. The second-order valence-corrected chi connectivity index (χ2v) is 6.82. The third-order valence-electron chi connectivity index (χ3n) is 2.71. The van der Waals surface area contributed by atoms with Gasteiger partial charge in [-0.05, 0) is 33.6 Å². The molecule has 0 aromatic rings. The van der Waals surface area contributed by atoms with Crippen LogP contribution in [0, 0.1) is 0 Å². The highest BCUT2D eigenvalue weighted by molar-refractivity contribution is 7.79. The Labute approximate surface area is 123 Å². The zero-order chi connectivity index (χ0) is 15.2. The molecule has 0 spiro atoms. The molecular weight excluding hydrogens is 282 g/mol. The van der Waals surface area contributed by atoms with Gasteiger partial charge in [0.2, 0.25) is 0 Å². The van der Waals surface area contributed by atoms with Crippen molar-refractivity contribution in [2.75, 3.05) is 32.6 Å². The van der Waals surface area contributed by atoms with Gasteiger partial charge < -0.3 is 14.4 Å². The van der Waals surface area contributed by atoms with Gasteiger partial charge in [0.1, 0.15) is 5.60 Å². The number of rotatable bonds is 5. The first-order valence-corrected chi connectivity index (χ1v) is 8.32. The van der Waals surface area contributed by atoms with E-state index >= 15 is 0 Å². The van der Waals surface area contributed by atoms with Crippen LogP contribution in [0.1, 0.15) is 33.6 Å². The molecule has 0 radical (unpaired) electrons. The molecule has 1 amide bonds. The number of carbonyl (C=O) groups excluding carboxylic acids is 1. The maximum Gasteiger partial charge on any atom is 0.410 e. The minimum Gasteiger partial charge on any atom is -0.444 e. The average Bonchev–Trinajstić information content (AvgIpc) is 2.33. The first-order valence-electron chi connectivity index (χ1n) is 6.84. The van der Waals surface area contributed by atoms with Gasteiger partial charge in [-0.25, -0.2) is 9.00 Å². The highest BCUT2D eigenvalue weighted by atomic mass is 32.2. The third kappa shape index (κ3) is 7.21. The predicted octanol–water partition coefficient (Wildman–Crippen LogP) is 1.71. The standard InChI is InChI=1S/C13H25NO5S/c1-13(2,3)19-12(15)14-7-9-17-11(10-14)6-5-8-18-20(4)16/h11H,5-10H2,1-4H3/t11-,20?/m1/s1. The summed E-state index contributed by atoms with van der Waals surface area (Å²) < 4.78 is 26.7. The number of amides is 1. The summed E-state index contributed by atoms with van der Waals surface area (Å²) in [6, 6.07) is 0. The Kier molecular flexibility index (Phi) is 6.91. The topological polar surface area (TPSA) is 65.1 Å². The predicted molar refractivity (Wildman–Crippen MR) is 76.8 cm³/mol. The quantitative estimate of drug-likeness (QED) is 0.724. The molecule has 0 N–H and O–H groups in total. The van der Waals surface area contributed by atoms with Crippen LogP contribution in [0.25, 0.3) is 0 Å². The lowest BCUT2D eigenvalue weighted by Crippen LogP contribution is -2.47. The Hall–Kier alpha value is -0.660. The van der Waals surface area contributed by atoms with E-state index in [-0.39, 0.29) is 12.2 Å². The zero-order valence-corrected chi connectivity index (χ0v) is 13.5. The highest BCUT2D eigenvalue weighted by Gasteiger charge is 2.27. The largest absolute Gasteiger partial charge is 0.444 e. The fraction of sp³-hybridized carbons (Fsp3) is 0.923. The van der Waals surface area contributed by atoms with Crippen LogP contribution in [-0.4, -0.2) is 59.5 Å². The van der Waals surface area contributed by atoms with Crippen LogP contribution in [0.3, 0.4) is 0 Å². The van der Waals surface area contributed by atoms with Gasteiger partial charge in [0.05, 0.1) is 25.9 Å². The molecule has 1 unspecified atom stereocenters. The van der Waals surface area contributed by atoms with Crippen LogP contribution in [0.5, 0.6) is 0 Å². The number of ether oxygens (including phenoxy) is 2. The number of hydrogen-bond acceptors (Lipinski definition) is 5. The van der Waals surface area contributed by atoms with E-state index in [2.05, 4.69) is 0 Å². The summed E-state index contributed by atoms with van der Waals surface area (Å²) in [5.74, 6) is 0. The first-order chi connectivity index (χ1) is 9.28. The Morgan fingerprint density at radius 1 is 1.45 bits per heavy atom. The van der Waals surface area contributed by atoms with E-state index in [1.54, 1.807) is 4.90 Å². The summed E-state index contributed by atoms with van der Waals surface area (Å²) in [6.45, 7) is 7.60. The molecular formula is C13H25NO5S. The molecule has 1 heterocycles. The second kappa shape index (κ2) is 7.95. The zero-order valence-electron chi connectivity index (χ0n) is 12.7. The molecule has 0 aromatic heterocycles. The maximum atomic E-state index is 12.0. The van der Waals surface area contributed by atoms with Gasteiger partial charge in [-0.3, -0.25) is 4.18 Å². The minimum absolute atomic E-state index is 0.00911. The monoisotopic (exact) mass is 307 g/mol. The lowest BCUT2D eigenvalue weighted by Gasteiger charge is -2.34. The van der Waals surface area contributed by atoms with Gasteiger partial charge in [-0.15, -0.1) is 0 Å². The van der Waals surface area contributed by atoms with Gasteiger partial charge in [0.15, 0.2) is 11.1 Å². The van der Waals surface area contributed by atoms with Crippen LogP contribution in [0.15, 0.2) is 0 Å². The Bertz CT molecular complexity index is 342. The first kappa shape index (κ1) is 17.4. The van der Waals surface area contributed by atoms with E-state index in [9.17, 15) is 9.00 Å². The van der Waals surface area contributed by atoms with Crippen molar-refractivity contribution in [2.45, 2.75) is 45.3 Å². The second-order valence-electron chi connectivity index (χ2n) is 5.78. The number of hydrogen-bond donors (Lipinski definition) is 0. The molecule has 7 heteroatoms. The molecule has 1 aliphatic heterocycles. The molecule has 1 aliphatic rings. The van der Waals surface area contributed by atoms with E-state index in [0.717, 1.165) is 12.8 Å². The van der Waals surface area contributed by atoms with E-state index in [1.807, 2.05) is 20.8 Å². The van der Waals surface area contributed by atoms with Crippen molar-refractivity contribution in [1.29, 1.82) is 0 Å². The van der Waals surface area contributed by atoms with Crippen molar-refractivity contribution in [2.24, 2.45) is 0 Å². The van der Waals surface area contributed by atoms with Crippen molar-refractivity contribution in [1.82, 2.24) is 4.90 Å². The molecule has 1 rings (SSSR count). The summed E-state index contributed by atoms with van der Waals surface area (Å²) in [4.78, 5) is 13.6. The summed E-state index contributed by atoms with van der Waals surface area (Å²) >= 11 is -1.22. The summed E-state index contributed by atoms with van der Waals surface area (Å²) in [5, 5.41) is 0. The molecule has 1 fully saturated rings. The third-order valence-corrected chi connectivity index (χ3v) is 3.21. The number of morpholine rings is 1. The molecule has 0 aromatic carbocycles. The van der Waals surface area contributed by atoms with Gasteiger partial charge in [0, 0.05) is 12.8 Å². The van der Waals surface area contributed by atoms with E-state index < -0.39 is 16.7 Å². The molecule has 0 saturated carbocycles. The molecule has 0 bridgehead atoms. The van der Waals surface area contributed by atoms with Crippen molar-refractivity contribution in [3.05, 3.63) is 0 Å². The van der Waals surface area contributed by atoms with Crippen LogP contribution >= 0.6 is 0 Å². The van der Waals surface area contributed by atoms with Gasteiger partial charge in [-0.2, -0.15) is 0 Å². The van der Waals surface area contributed by atoms with Crippen LogP contribution < -0.4 is 0 Å². The molecule has 1 saturated heterocycles. The lowest BCUT2D eigenvalue weighted by molar-refractivity contribution is -0.0456. The van der Waals surface area contributed by atoms with Crippen LogP contribution in [0.4, 0.5) is 4.79 Å². The molecule has 118 valence electrons. The maximum absolute atomic E-state index is 12.0. The van der Waals surface area contributed by atoms with E-state index in [1.165, 1.54) is 6.26 Å². The Morgan fingerprint density at radius 3 is 2.75 bits per heavy atom. The fourth-order valence-electron chi connectivity index (χ4n) is 1.87. The molecule has 0 aliphatic carbocycles. The van der Waals surface area contributed by atoms with Crippen molar-refractivity contribution < 1.29 is 22.7 Å². The molecule has 2 atom stereocenters. The van der Waals surface area contributed by atoms with Crippen molar-refractivity contribution in [3.63, 3.8) is 0 Å². The molecule has 6 nitrogen and oxygen atoms in total. The average molecular weight is 307 g/mol. The fourth-order valence-corrected chi connectivity index (χ4v) is 2.23. The Balaban J connectivity index is 2.31. The van der Waals surface area contributed by atoms with Gasteiger partial charge in [0.25, 0.3) is 0 Å². The van der Waals surface area contributed by atoms with Gasteiger partial charge in [-0.1, -0.05) is 0 Å². The van der Waals surface area contributed by atoms with E-state index in [4.69, 9.17) is 13.7 Å². The normalized spacial score (nSPS) is 21.6. The highest BCUT2D eigenvalue weighted by Crippen LogP contribution is 2.15. The minimum atomic E-state index is -1.22. The molecule has 20 heavy (non-hydrogen) atoms. The van der Waals surface area contributed by atoms with E-state index in [0.29, 0.717) is 26.3 Å². The number of carbonyl (C=O) groups is 1. The SMILES string of the molecule is CS(=O)OCCC[C@@H]1CN(C(=O)OC(C)(C)C)CCO1. The van der Waals surface area contributed by atoms with Crippen LogP contribution in [0.2, 0.25) is 0 Å². The smallest absolute Gasteiger partial charge is 0.410 e. The summed E-state index contributed by atoms with van der Waals surface area (Å²) in [5.41, 5.74) is -0.482. The lowest BCUT2D eigenvalue weighted by atomic mass is 10.1. The van der Waals surface area contributed by atoms with Crippen LogP contribution in [-0.2, 0) is 24.7 Å². The Morgan fingerprint density at radius 2 is 2.15 bits per heavy atom.